The average molecular weight is 258 g/mol. The summed E-state index contributed by atoms with van der Waals surface area (Å²) in [6.07, 6.45) is 2.01. The summed E-state index contributed by atoms with van der Waals surface area (Å²) in [5.74, 6) is -0.592. The van der Waals surface area contributed by atoms with E-state index in [4.69, 9.17) is 5.11 Å². The Labute approximate surface area is 106 Å². The van der Waals surface area contributed by atoms with Crippen molar-refractivity contribution in [1.29, 1.82) is 0 Å². The lowest BCUT2D eigenvalue weighted by Crippen LogP contribution is -2.49. The Kier molecular flexibility index (Phi) is 4.37. The zero-order valence-electron chi connectivity index (χ0n) is 9.35. The maximum atomic E-state index is 11.3. The van der Waals surface area contributed by atoms with E-state index in [2.05, 4.69) is 5.32 Å². The molecule has 94 valence electrons. The van der Waals surface area contributed by atoms with Crippen LogP contribution < -0.4 is 5.32 Å². The van der Waals surface area contributed by atoms with Crippen LogP contribution in [0.3, 0.4) is 0 Å². The van der Waals surface area contributed by atoms with Gasteiger partial charge in [0.15, 0.2) is 0 Å². The Morgan fingerprint density at radius 3 is 2.47 bits per heavy atom. The van der Waals surface area contributed by atoms with E-state index in [9.17, 15) is 9.90 Å². The average Bonchev–Trinajstić information content (AvgIpc) is 2.71. The number of aromatic hydroxyl groups is 1. The fourth-order valence-corrected chi connectivity index (χ4v) is 2.18. The summed E-state index contributed by atoms with van der Waals surface area (Å²) in [5, 5.41) is 21.5. The largest absolute Gasteiger partial charge is 0.508 e. The van der Waals surface area contributed by atoms with E-state index in [1.807, 2.05) is 0 Å². The molecule has 17 heavy (non-hydrogen) atoms. The fraction of sp³-hybridized carbons (Fsp3) is 0.417. The topological polar surface area (TPSA) is 69.6 Å². The molecule has 1 unspecified atom stereocenters. The molecule has 0 radical (unpaired) electrons. The van der Waals surface area contributed by atoms with Crippen LogP contribution in [0.4, 0.5) is 0 Å². The Morgan fingerprint density at radius 1 is 1.35 bits per heavy atom. The van der Waals surface area contributed by atoms with Crippen molar-refractivity contribution in [2.75, 3.05) is 6.54 Å². The number of nitrogens with one attached hydrogen (secondary N) is 1. The lowest BCUT2D eigenvalue weighted by Gasteiger charge is -2.24. The standard InChI is InChI=1S/C12H15NO3.ClH/c14-10-4-2-9(3-5-10)8-12(11(15)16)6-1-7-13-12;/h2-5,13-14H,1,6-8H2,(H,15,16);1H. The third kappa shape index (κ3) is 2.90. The van der Waals surface area contributed by atoms with E-state index in [0.29, 0.717) is 12.8 Å². The first-order valence-electron chi connectivity index (χ1n) is 5.39. The summed E-state index contributed by atoms with van der Waals surface area (Å²) >= 11 is 0. The van der Waals surface area contributed by atoms with E-state index in [1.54, 1.807) is 24.3 Å². The van der Waals surface area contributed by atoms with Crippen molar-refractivity contribution in [3.8, 4) is 5.75 Å². The van der Waals surface area contributed by atoms with Gasteiger partial charge in [0.1, 0.15) is 11.3 Å². The van der Waals surface area contributed by atoms with Gasteiger partial charge in [-0.1, -0.05) is 12.1 Å². The van der Waals surface area contributed by atoms with Crippen molar-refractivity contribution in [2.24, 2.45) is 0 Å². The number of phenols is 1. The molecule has 0 amide bonds. The highest BCUT2D eigenvalue weighted by Crippen LogP contribution is 2.25. The summed E-state index contributed by atoms with van der Waals surface area (Å²) < 4.78 is 0. The molecule has 1 aliphatic rings. The van der Waals surface area contributed by atoms with Gasteiger partial charge in [0.05, 0.1) is 0 Å². The number of carbonyl (C=O) groups is 1. The highest BCUT2D eigenvalue weighted by atomic mass is 35.5. The molecule has 0 saturated carbocycles. The lowest BCUT2D eigenvalue weighted by atomic mass is 9.89. The van der Waals surface area contributed by atoms with Crippen molar-refractivity contribution in [3.05, 3.63) is 29.8 Å². The van der Waals surface area contributed by atoms with Gasteiger partial charge in [-0.05, 0) is 37.1 Å². The van der Waals surface area contributed by atoms with E-state index in [1.165, 1.54) is 0 Å². The van der Waals surface area contributed by atoms with Crippen molar-refractivity contribution < 1.29 is 15.0 Å². The molecule has 3 N–H and O–H groups in total. The molecule has 0 bridgehead atoms. The number of benzene rings is 1. The molecule has 4 nitrogen and oxygen atoms in total. The SMILES string of the molecule is Cl.O=C(O)C1(Cc2ccc(O)cc2)CCCN1. The quantitative estimate of drug-likeness (QED) is 0.769. The summed E-state index contributed by atoms with van der Waals surface area (Å²) in [5.41, 5.74) is 0.103. The Balaban J connectivity index is 0.00000144. The zero-order chi connectivity index (χ0) is 11.6. The number of carboxylic acids is 1. The zero-order valence-corrected chi connectivity index (χ0v) is 10.2. The maximum absolute atomic E-state index is 11.3. The van der Waals surface area contributed by atoms with Gasteiger partial charge in [0.2, 0.25) is 0 Å². The molecule has 1 atom stereocenters. The highest BCUT2D eigenvalue weighted by molar-refractivity contribution is 5.85. The molecule has 1 aromatic carbocycles. The minimum atomic E-state index is -0.822. The molecular weight excluding hydrogens is 242 g/mol. The van der Waals surface area contributed by atoms with Gasteiger partial charge in [0, 0.05) is 6.42 Å². The van der Waals surface area contributed by atoms with Crippen LogP contribution in [-0.2, 0) is 11.2 Å². The van der Waals surface area contributed by atoms with Crippen LogP contribution in [0.2, 0.25) is 0 Å². The van der Waals surface area contributed by atoms with E-state index < -0.39 is 11.5 Å². The fourth-order valence-electron chi connectivity index (χ4n) is 2.18. The van der Waals surface area contributed by atoms with Crippen LogP contribution in [-0.4, -0.2) is 28.3 Å². The minimum Gasteiger partial charge on any atom is -0.508 e. The van der Waals surface area contributed by atoms with Crippen LogP contribution in [0.5, 0.6) is 5.75 Å². The summed E-state index contributed by atoms with van der Waals surface area (Å²) in [6.45, 7) is 0.754. The van der Waals surface area contributed by atoms with Crippen molar-refractivity contribution in [2.45, 2.75) is 24.8 Å². The monoisotopic (exact) mass is 257 g/mol. The summed E-state index contributed by atoms with van der Waals surface area (Å²) in [6, 6.07) is 6.69. The first-order valence-corrected chi connectivity index (χ1v) is 5.39. The Bertz CT molecular complexity index is 385. The van der Waals surface area contributed by atoms with Crippen molar-refractivity contribution in [1.82, 2.24) is 5.32 Å². The molecule has 5 heteroatoms. The first-order chi connectivity index (χ1) is 7.62. The van der Waals surface area contributed by atoms with Gasteiger partial charge in [-0.15, -0.1) is 12.4 Å². The third-order valence-electron chi connectivity index (χ3n) is 3.10. The van der Waals surface area contributed by atoms with Crippen LogP contribution >= 0.6 is 12.4 Å². The molecule has 2 rings (SSSR count). The number of hydrogen-bond donors (Lipinski definition) is 3. The molecular formula is C12H16ClNO3. The molecule has 1 aromatic rings. The smallest absolute Gasteiger partial charge is 0.324 e. The lowest BCUT2D eigenvalue weighted by molar-refractivity contribution is -0.144. The number of phenolic OH excluding ortho intramolecular Hbond substituents is 1. The second-order valence-corrected chi connectivity index (χ2v) is 4.26. The van der Waals surface area contributed by atoms with Crippen LogP contribution in [0, 0.1) is 0 Å². The van der Waals surface area contributed by atoms with Gasteiger partial charge in [-0.25, -0.2) is 0 Å². The second kappa shape index (κ2) is 5.38. The molecule has 1 fully saturated rings. The number of halogens is 1. The van der Waals surface area contributed by atoms with Crippen molar-refractivity contribution >= 4 is 18.4 Å². The van der Waals surface area contributed by atoms with E-state index in [-0.39, 0.29) is 18.2 Å². The van der Waals surface area contributed by atoms with Gasteiger partial charge >= 0.3 is 5.97 Å². The molecule has 1 aliphatic heterocycles. The predicted octanol–water partition coefficient (Wildman–Crippen LogP) is 1.56. The van der Waals surface area contributed by atoms with Crippen molar-refractivity contribution in [3.63, 3.8) is 0 Å². The van der Waals surface area contributed by atoms with E-state index >= 15 is 0 Å². The minimum absolute atomic E-state index is 0. The van der Waals surface area contributed by atoms with Gasteiger partial charge in [-0.3, -0.25) is 4.79 Å². The van der Waals surface area contributed by atoms with Crippen LogP contribution in [0.25, 0.3) is 0 Å². The Hall–Kier alpha value is -1.26. The number of hydrogen-bond acceptors (Lipinski definition) is 3. The number of rotatable bonds is 3. The summed E-state index contributed by atoms with van der Waals surface area (Å²) in [7, 11) is 0. The van der Waals surface area contributed by atoms with Gasteiger partial charge < -0.3 is 15.5 Å². The number of aliphatic carboxylic acids is 1. The van der Waals surface area contributed by atoms with Crippen LogP contribution in [0.15, 0.2) is 24.3 Å². The third-order valence-corrected chi connectivity index (χ3v) is 3.10. The molecule has 1 saturated heterocycles. The van der Waals surface area contributed by atoms with Crippen LogP contribution in [0.1, 0.15) is 18.4 Å². The van der Waals surface area contributed by atoms with E-state index in [0.717, 1.165) is 18.5 Å². The number of carboxylic acid groups (broad SMARTS) is 1. The van der Waals surface area contributed by atoms with Gasteiger partial charge in [-0.2, -0.15) is 0 Å². The molecule has 0 aliphatic carbocycles. The maximum Gasteiger partial charge on any atom is 0.324 e. The van der Waals surface area contributed by atoms with Gasteiger partial charge in [0.25, 0.3) is 0 Å². The summed E-state index contributed by atoms with van der Waals surface area (Å²) in [4.78, 5) is 11.3. The highest BCUT2D eigenvalue weighted by Gasteiger charge is 2.40. The first kappa shape index (κ1) is 13.8. The second-order valence-electron chi connectivity index (χ2n) is 4.26. The molecule has 0 spiro atoms. The predicted molar refractivity (Wildman–Crippen MR) is 66.7 cm³/mol. The normalized spacial score (nSPS) is 23.1. The molecule has 1 heterocycles. The molecule has 0 aromatic heterocycles. The Morgan fingerprint density at radius 2 is 2.00 bits per heavy atom.